The topological polar surface area (TPSA) is 79.1 Å². The molecule has 1 atom stereocenters. The predicted octanol–water partition coefficient (Wildman–Crippen LogP) is 3.21. The van der Waals surface area contributed by atoms with Gasteiger partial charge in [0.15, 0.2) is 0 Å². The van der Waals surface area contributed by atoms with E-state index in [1.807, 2.05) is 26.0 Å². The maximum atomic E-state index is 12.9. The van der Waals surface area contributed by atoms with Crippen LogP contribution in [0.2, 0.25) is 0 Å². The van der Waals surface area contributed by atoms with Crippen LogP contribution in [0.1, 0.15) is 29.8 Å². The van der Waals surface area contributed by atoms with E-state index < -0.39 is 0 Å². The van der Waals surface area contributed by atoms with Crippen molar-refractivity contribution >= 4 is 11.0 Å². The van der Waals surface area contributed by atoms with Gasteiger partial charge in [-0.05, 0) is 51.7 Å². The van der Waals surface area contributed by atoms with Crippen molar-refractivity contribution in [1.29, 1.82) is 0 Å². The Morgan fingerprint density at radius 3 is 2.59 bits per heavy atom. The maximum Gasteiger partial charge on any atom is 0.272 e. The SMILES string of the molecule is COc1nc(C)c(-c2nccc3c2nc(C)c(=O)n3C[C@H](OC)C2CC2)cc1C. The summed E-state index contributed by atoms with van der Waals surface area (Å²) < 4.78 is 12.8. The third-order valence-corrected chi connectivity index (χ3v) is 5.65. The van der Waals surface area contributed by atoms with Crippen LogP contribution < -0.4 is 10.3 Å². The largest absolute Gasteiger partial charge is 0.481 e. The van der Waals surface area contributed by atoms with Crippen LogP contribution in [0, 0.1) is 26.7 Å². The van der Waals surface area contributed by atoms with E-state index in [2.05, 4.69) is 15.0 Å². The Hall–Kier alpha value is -2.80. The van der Waals surface area contributed by atoms with E-state index in [0.29, 0.717) is 29.6 Å². The molecule has 0 bridgehead atoms. The van der Waals surface area contributed by atoms with Gasteiger partial charge in [0.2, 0.25) is 5.88 Å². The Labute approximate surface area is 169 Å². The molecule has 1 saturated carbocycles. The lowest BCUT2D eigenvalue weighted by atomic mass is 10.1. The third-order valence-electron chi connectivity index (χ3n) is 5.65. The molecule has 1 aliphatic rings. The predicted molar refractivity (Wildman–Crippen MR) is 111 cm³/mol. The molecule has 3 aromatic heterocycles. The molecule has 0 spiro atoms. The van der Waals surface area contributed by atoms with Gasteiger partial charge in [-0.2, -0.15) is 0 Å². The fraction of sp³-hybridized carbons (Fsp3) is 0.455. The first-order valence-corrected chi connectivity index (χ1v) is 9.86. The highest BCUT2D eigenvalue weighted by Gasteiger charge is 2.32. The smallest absolute Gasteiger partial charge is 0.272 e. The first-order valence-electron chi connectivity index (χ1n) is 9.86. The zero-order valence-electron chi connectivity index (χ0n) is 17.5. The molecule has 0 aromatic carbocycles. The summed E-state index contributed by atoms with van der Waals surface area (Å²) in [5.41, 5.74) is 5.16. The molecule has 0 N–H and O–H groups in total. The van der Waals surface area contributed by atoms with E-state index in [-0.39, 0.29) is 11.7 Å². The van der Waals surface area contributed by atoms with Crippen molar-refractivity contribution in [2.75, 3.05) is 14.2 Å². The highest BCUT2D eigenvalue weighted by molar-refractivity contribution is 5.90. The molecule has 0 saturated heterocycles. The summed E-state index contributed by atoms with van der Waals surface area (Å²) >= 11 is 0. The number of nitrogens with zero attached hydrogens (tertiary/aromatic N) is 4. The van der Waals surface area contributed by atoms with Gasteiger partial charge in [-0.1, -0.05) is 0 Å². The Morgan fingerprint density at radius 2 is 1.93 bits per heavy atom. The number of pyridine rings is 2. The number of methoxy groups -OCH3 is 2. The standard InChI is InChI=1S/C22H26N4O3/c1-12-10-16(13(2)25-21(12)29-5)19-20-17(8-9-23-19)26(22(27)14(3)24-20)11-18(28-4)15-6-7-15/h8-10,15,18H,6-7,11H2,1-5H3/t18-/m0/s1. The van der Waals surface area contributed by atoms with Crippen LogP contribution in [0.15, 0.2) is 23.1 Å². The summed E-state index contributed by atoms with van der Waals surface area (Å²) in [5, 5.41) is 0. The van der Waals surface area contributed by atoms with Gasteiger partial charge in [0.1, 0.15) is 11.2 Å². The van der Waals surface area contributed by atoms with Crippen LogP contribution in [0.3, 0.4) is 0 Å². The van der Waals surface area contributed by atoms with Crippen LogP contribution in [0.4, 0.5) is 0 Å². The number of aryl methyl sites for hydroxylation is 3. The third kappa shape index (κ3) is 3.51. The maximum absolute atomic E-state index is 12.9. The molecule has 0 aliphatic heterocycles. The monoisotopic (exact) mass is 394 g/mol. The lowest BCUT2D eigenvalue weighted by Gasteiger charge is -2.19. The van der Waals surface area contributed by atoms with Crippen LogP contribution >= 0.6 is 0 Å². The normalized spacial score (nSPS) is 14.9. The highest BCUT2D eigenvalue weighted by atomic mass is 16.5. The van der Waals surface area contributed by atoms with Gasteiger partial charge in [0, 0.05) is 24.4 Å². The average Bonchev–Trinajstić information content (AvgIpc) is 3.55. The Balaban J connectivity index is 1.92. The van der Waals surface area contributed by atoms with Crippen molar-refractivity contribution in [1.82, 2.24) is 19.5 Å². The summed E-state index contributed by atoms with van der Waals surface area (Å²) in [6.07, 6.45) is 4.06. The van der Waals surface area contributed by atoms with E-state index in [1.54, 1.807) is 31.9 Å². The fourth-order valence-electron chi connectivity index (χ4n) is 3.86. The first kappa shape index (κ1) is 19.5. The summed E-state index contributed by atoms with van der Waals surface area (Å²) in [7, 11) is 3.33. The van der Waals surface area contributed by atoms with E-state index in [1.165, 1.54) is 0 Å². The summed E-state index contributed by atoms with van der Waals surface area (Å²) in [6, 6.07) is 3.86. The quantitative estimate of drug-likeness (QED) is 0.639. The minimum Gasteiger partial charge on any atom is -0.481 e. The molecule has 29 heavy (non-hydrogen) atoms. The fourth-order valence-corrected chi connectivity index (χ4v) is 3.86. The molecule has 1 fully saturated rings. The zero-order valence-corrected chi connectivity index (χ0v) is 17.5. The van der Waals surface area contributed by atoms with Crippen LogP contribution in [-0.2, 0) is 11.3 Å². The second-order valence-corrected chi connectivity index (χ2v) is 7.70. The lowest BCUT2D eigenvalue weighted by Crippen LogP contribution is -2.31. The van der Waals surface area contributed by atoms with Crippen molar-refractivity contribution in [2.45, 2.75) is 46.3 Å². The number of rotatable bonds is 6. The second kappa shape index (κ2) is 7.55. The van der Waals surface area contributed by atoms with Gasteiger partial charge in [0.25, 0.3) is 5.56 Å². The molecule has 7 heteroatoms. The molecule has 3 aromatic rings. The molecule has 152 valence electrons. The second-order valence-electron chi connectivity index (χ2n) is 7.70. The van der Waals surface area contributed by atoms with E-state index >= 15 is 0 Å². The Morgan fingerprint density at radius 1 is 1.17 bits per heavy atom. The summed E-state index contributed by atoms with van der Waals surface area (Å²) in [6.45, 7) is 6.14. The van der Waals surface area contributed by atoms with Crippen LogP contribution in [-0.4, -0.2) is 39.8 Å². The molecule has 7 nitrogen and oxygen atoms in total. The van der Waals surface area contributed by atoms with Crippen LogP contribution in [0.5, 0.6) is 5.88 Å². The zero-order chi connectivity index (χ0) is 20.7. The lowest BCUT2D eigenvalue weighted by molar-refractivity contribution is 0.0700. The van der Waals surface area contributed by atoms with Crippen molar-refractivity contribution in [3.8, 4) is 17.1 Å². The van der Waals surface area contributed by atoms with Crippen molar-refractivity contribution in [3.05, 3.63) is 45.6 Å². The van der Waals surface area contributed by atoms with Crippen molar-refractivity contribution in [3.63, 3.8) is 0 Å². The number of hydrogen-bond donors (Lipinski definition) is 0. The van der Waals surface area contributed by atoms with E-state index in [9.17, 15) is 4.79 Å². The molecule has 4 rings (SSSR count). The first-order chi connectivity index (χ1) is 13.9. The molecule has 3 heterocycles. The minimum absolute atomic E-state index is 0.0287. The number of aromatic nitrogens is 4. The molecule has 1 aliphatic carbocycles. The molecule has 0 unspecified atom stereocenters. The van der Waals surface area contributed by atoms with Gasteiger partial charge >= 0.3 is 0 Å². The molecule has 0 amide bonds. The number of hydrogen-bond acceptors (Lipinski definition) is 6. The van der Waals surface area contributed by atoms with Gasteiger partial charge in [-0.15, -0.1) is 0 Å². The number of ether oxygens (including phenoxy) is 2. The van der Waals surface area contributed by atoms with Crippen molar-refractivity contribution in [2.24, 2.45) is 5.92 Å². The Kier molecular flexibility index (Phi) is 5.08. The van der Waals surface area contributed by atoms with Gasteiger partial charge in [-0.3, -0.25) is 9.78 Å². The van der Waals surface area contributed by atoms with E-state index in [4.69, 9.17) is 9.47 Å². The summed E-state index contributed by atoms with van der Waals surface area (Å²) in [4.78, 5) is 26.7. The molecular formula is C22H26N4O3. The minimum atomic E-state index is -0.0851. The van der Waals surface area contributed by atoms with Gasteiger partial charge < -0.3 is 14.0 Å². The molecular weight excluding hydrogens is 368 g/mol. The Bertz CT molecular complexity index is 1140. The molecule has 0 radical (unpaired) electrons. The average molecular weight is 394 g/mol. The summed E-state index contributed by atoms with van der Waals surface area (Å²) in [5.74, 6) is 1.12. The van der Waals surface area contributed by atoms with E-state index in [0.717, 1.165) is 40.9 Å². The number of fused-ring (bicyclic) bond motifs is 1. The highest BCUT2D eigenvalue weighted by Crippen LogP contribution is 2.35. The van der Waals surface area contributed by atoms with Crippen LogP contribution in [0.25, 0.3) is 22.3 Å². The van der Waals surface area contributed by atoms with Gasteiger partial charge in [-0.25, -0.2) is 9.97 Å². The van der Waals surface area contributed by atoms with Crippen molar-refractivity contribution < 1.29 is 9.47 Å². The van der Waals surface area contributed by atoms with Gasteiger partial charge in [0.05, 0.1) is 36.7 Å².